The van der Waals surface area contributed by atoms with Crippen LogP contribution >= 0.6 is 11.6 Å². The Labute approximate surface area is 133 Å². The van der Waals surface area contributed by atoms with Crippen molar-refractivity contribution in [2.75, 3.05) is 0 Å². The van der Waals surface area contributed by atoms with Gasteiger partial charge in [-0.15, -0.1) is 0 Å². The third kappa shape index (κ3) is 2.67. The summed E-state index contributed by atoms with van der Waals surface area (Å²) in [4.78, 5) is 15.3. The van der Waals surface area contributed by atoms with E-state index in [1.54, 1.807) is 11.6 Å². The summed E-state index contributed by atoms with van der Waals surface area (Å²) in [6, 6.07) is 9.49. The minimum Gasteiger partial charge on any atom is -0.478 e. The SMILES string of the molecule is CC.Cc1nn(-c2ccccc2)c2ncc(C(=O)O)c(Cl)c12. The Morgan fingerprint density at radius 2 is 1.86 bits per heavy atom. The maximum atomic E-state index is 11.1. The Kier molecular flexibility index (Phi) is 4.78. The largest absolute Gasteiger partial charge is 0.478 e. The molecular formula is C16H16ClN3O2. The molecule has 0 amide bonds. The molecule has 2 heterocycles. The molecule has 3 rings (SSSR count). The zero-order valence-corrected chi connectivity index (χ0v) is 13.3. The first kappa shape index (κ1) is 16.0. The third-order valence-corrected chi connectivity index (χ3v) is 3.43. The zero-order chi connectivity index (χ0) is 16.3. The highest BCUT2D eigenvalue weighted by Gasteiger charge is 2.19. The van der Waals surface area contributed by atoms with Crippen molar-refractivity contribution in [2.45, 2.75) is 20.8 Å². The molecule has 0 spiro atoms. The highest BCUT2D eigenvalue weighted by atomic mass is 35.5. The number of fused-ring (bicyclic) bond motifs is 1. The Morgan fingerprint density at radius 3 is 2.45 bits per heavy atom. The number of aromatic carboxylic acids is 1. The molecule has 0 radical (unpaired) electrons. The molecule has 2 aromatic heterocycles. The monoisotopic (exact) mass is 317 g/mol. The quantitative estimate of drug-likeness (QED) is 0.772. The molecule has 0 saturated heterocycles. The summed E-state index contributed by atoms with van der Waals surface area (Å²) in [6.45, 7) is 5.78. The van der Waals surface area contributed by atoms with Gasteiger partial charge in [0.05, 0.1) is 27.4 Å². The molecule has 0 aliphatic rings. The fourth-order valence-corrected chi connectivity index (χ4v) is 2.46. The molecule has 5 nitrogen and oxygen atoms in total. The lowest BCUT2D eigenvalue weighted by molar-refractivity contribution is 0.0697. The second-order valence-electron chi connectivity index (χ2n) is 4.32. The van der Waals surface area contributed by atoms with Gasteiger partial charge >= 0.3 is 5.97 Å². The highest BCUT2D eigenvalue weighted by Crippen LogP contribution is 2.29. The Morgan fingerprint density at radius 1 is 1.23 bits per heavy atom. The van der Waals surface area contributed by atoms with E-state index in [9.17, 15) is 4.79 Å². The van der Waals surface area contributed by atoms with Crippen LogP contribution in [0.25, 0.3) is 16.7 Å². The molecule has 0 unspecified atom stereocenters. The van der Waals surface area contributed by atoms with Gasteiger partial charge in [-0.25, -0.2) is 14.5 Å². The first-order valence-electron chi connectivity index (χ1n) is 6.92. The van der Waals surface area contributed by atoms with E-state index < -0.39 is 5.97 Å². The van der Waals surface area contributed by atoms with E-state index in [-0.39, 0.29) is 10.6 Å². The summed E-state index contributed by atoms with van der Waals surface area (Å²) in [7, 11) is 0. The number of halogens is 1. The molecule has 0 aliphatic carbocycles. The summed E-state index contributed by atoms with van der Waals surface area (Å²) in [5, 5.41) is 14.2. The van der Waals surface area contributed by atoms with Crippen molar-refractivity contribution in [3.8, 4) is 5.69 Å². The standard InChI is InChI=1S/C14H10ClN3O2.C2H6/c1-8-11-12(15)10(14(19)20)7-16-13(11)18(17-8)9-5-3-2-4-6-9;1-2/h2-7H,1H3,(H,19,20);1-2H3. The van der Waals surface area contributed by atoms with Gasteiger partial charge in [0.2, 0.25) is 0 Å². The van der Waals surface area contributed by atoms with Crippen molar-refractivity contribution in [3.63, 3.8) is 0 Å². The maximum absolute atomic E-state index is 11.1. The van der Waals surface area contributed by atoms with Crippen molar-refractivity contribution >= 4 is 28.6 Å². The number of rotatable bonds is 2. The Bertz CT molecular complexity index is 813. The van der Waals surface area contributed by atoms with Crippen LogP contribution in [0.5, 0.6) is 0 Å². The molecule has 0 fully saturated rings. The zero-order valence-electron chi connectivity index (χ0n) is 12.5. The molecule has 114 valence electrons. The van der Waals surface area contributed by atoms with Gasteiger partial charge in [0.1, 0.15) is 0 Å². The maximum Gasteiger partial charge on any atom is 0.338 e. The fraction of sp³-hybridized carbons (Fsp3) is 0.188. The first-order chi connectivity index (χ1) is 10.6. The van der Waals surface area contributed by atoms with Crippen LogP contribution in [0.15, 0.2) is 36.5 Å². The molecule has 3 aromatic rings. The van der Waals surface area contributed by atoms with Crippen LogP contribution in [0.2, 0.25) is 5.02 Å². The van der Waals surface area contributed by atoms with Crippen molar-refractivity contribution in [1.82, 2.24) is 14.8 Å². The van der Waals surface area contributed by atoms with Gasteiger partial charge in [0.25, 0.3) is 0 Å². The number of benzene rings is 1. The number of pyridine rings is 1. The molecule has 0 atom stereocenters. The van der Waals surface area contributed by atoms with Gasteiger partial charge in [0, 0.05) is 6.20 Å². The van der Waals surface area contributed by atoms with Gasteiger partial charge in [-0.05, 0) is 19.1 Å². The predicted molar refractivity (Wildman–Crippen MR) is 86.9 cm³/mol. The number of carboxylic acid groups (broad SMARTS) is 1. The van der Waals surface area contributed by atoms with Crippen molar-refractivity contribution in [2.24, 2.45) is 0 Å². The molecule has 0 saturated carbocycles. The predicted octanol–water partition coefficient (Wildman–Crippen LogP) is 4.11. The van der Waals surface area contributed by atoms with E-state index in [0.717, 1.165) is 5.69 Å². The normalized spacial score (nSPS) is 10.2. The second kappa shape index (κ2) is 6.58. The Balaban J connectivity index is 0.000000847. The van der Waals surface area contributed by atoms with Crippen LogP contribution in [0.3, 0.4) is 0 Å². The number of hydrogen-bond donors (Lipinski definition) is 1. The van der Waals surface area contributed by atoms with E-state index in [2.05, 4.69) is 10.1 Å². The van der Waals surface area contributed by atoms with Gasteiger partial charge in [-0.1, -0.05) is 43.6 Å². The van der Waals surface area contributed by atoms with Gasteiger partial charge in [-0.3, -0.25) is 0 Å². The lowest BCUT2D eigenvalue weighted by Crippen LogP contribution is -2.01. The number of para-hydroxylation sites is 1. The van der Waals surface area contributed by atoms with Gasteiger partial charge in [0.15, 0.2) is 5.65 Å². The lowest BCUT2D eigenvalue weighted by Gasteiger charge is -2.03. The molecule has 1 aromatic carbocycles. The summed E-state index contributed by atoms with van der Waals surface area (Å²) < 4.78 is 1.65. The fourth-order valence-electron chi connectivity index (χ4n) is 2.11. The summed E-state index contributed by atoms with van der Waals surface area (Å²) in [6.07, 6.45) is 1.26. The average molecular weight is 318 g/mol. The molecule has 6 heteroatoms. The minimum atomic E-state index is -1.10. The number of aryl methyl sites for hydroxylation is 1. The second-order valence-corrected chi connectivity index (χ2v) is 4.70. The van der Waals surface area contributed by atoms with E-state index in [1.165, 1.54) is 6.20 Å². The van der Waals surface area contributed by atoms with Crippen molar-refractivity contribution in [3.05, 3.63) is 52.8 Å². The van der Waals surface area contributed by atoms with Crippen LogP contribution in [-0.2, 0) is 0 Å². The smallest absolute Gasteiger partial charge is 0.338 e. The minimum absolute atomic E-state index is 0.0186. The van der Waals surface area contributed by atoms with E-state index in [1.807, 2.05) is 44.2 Å². The number of hydrogen-bond acceptors (Lipinski definition) is 3. The molecular weight excluding hydrogens is 302 g/mol. The van der Waals surface area contributed by atoms with Crippen LogP contribution in [0.4, 0.5) is 0 Å². The number of nitrogens with zero attached hydrogens (tertiary/aromatic N) is 3. The highest BCUT2D eigenvalue weighted by molar-refractivity contribution is 6.38. The first-order valence-corrected chi connectivity index (χ1v) is 7.30. The van der Waals surface area contributed by atoms with Crippen LogP contribution in [0.1, 0.15) is 29.9 Å². The molecule has 0 aliphatic heterocycles. The molecule has 0 bridgehead atoms. The topological polar surface area (TPSA) is 68.0 Å². The van der Waals surface area contributed by atoms with E-state index >= 15 is 0 Å². The Hall–Kier alpha value is -2.40. The number of carbonyl (C=O) groups is 1. The van der Waals surface area contributed by atoms with Crippen LogP contribution in [-0.4, -0.2) is 25.8 Å². The average Bonchev–Trinajstić information content (AvgIpc) is 2.88. The van der Waals surface area contributed by atoms with Gasteiger partial charge < -0.3 is 5.11 Å². The summed E-state index contributed by atoms with van der Waals surface area (Å²) in [5.41, 5.74) is 2.01. The number of carboxylic acids is 1. The molecule has 1 N–H and O–H groups in total. The summed E-state index contributed by atoms with van der Waals surface area (Å²) >= 11 is 6.17. The van der Waals surface area contributed by atoms with E-state index in [4.69, 9.17) is 16.7 Å². The third-order valence-electron chi connectivity index (χ3n) is 3.04. The van der Waals surface area contributed by atoms with Gasteiger partial charge in [-0.2, -0.15) is 5.10 Å². The lowest BCUT2D eigenvalue weighted by atomic mass is 10.2. The number of aromatic nitrogens is 3. The van der Waals surface area contributed by atoms with Crippen molar-refractivity contribution < 1.29 is 9.90 Å². The van der Waals surface area contributed by atoms with Crippen LogP contribution in [0, 0.1) is 6.92 Å². The van der Waals surface area contributed by atoms with Crippen molar-refractivity contribution in [1.29, 1.82) is 0 Å². The van der Waals surface area contributed by atoms with E-state index in [0.29, 0.717) is 16.7 Å². The van der Waals surface area contributed by atoms with Crippen LogP contribution < -0.4 is 0 Å². The summed E-state index contributed by atoms with van der Waals surface area (Å²) in [5.74, 6) is -1.10. The molecule has 22 heavy (non-hydrogen) atoms.